The number of hydrogen-bond acceptors (Lipinski definition) is 3. The summed E-state index contributed by atoms with van der Waals surface area (Å²) in [5.41, 5.74) is 0.0156. The lowest BCUT2D eigenvalue weighted by atomic mass is 9.86. The summed E-state index contributed by atoms with van der Waals surface area (Å²) in [5, 5.41) is 12.4. The minimum Gasteiger partial charge on any atom is -0.491 e. The van der Waals surface area contributed by atoms with Crippen molar-refractivity contribution in [1.82, 2.24) is 4.90 Å². The number of carbonyl (C=O) groups is 1. The minimum absolute atomic E-state index is 0.0156. The second-order valence-electron chi connectivity index (χ2n) is 5.90. The van der Waals surface area contributed by atoms with Crippen LogP contribution >= 0.6 is 0 Å². The zero-order valence-corrected chi connectivity index (χ0v) is 13.3. The zero-order valence-electron chi connectivity index (χ0n) is 13.3. The molecule has 128 valence electrons. The summed E-state index contributed by atoms with van der Waals surface area (Å²) in [6.45, 7) is 0.397. The first-order valence-electron chi connectivity index (χ1n) is 7.65. The van der Waals surface area contributed by atoms with E-state index in [-0.39, 0.29) is 11.6 Å². The van der Waals surface area contributed by atoms with Crippen LogP contribution in [-0.2, 0) is 0 Å². The maximum absolute atomic E-state index is 13.6. The number of amides is 2. The first-order valence-corrected chi connectivity index (χ1v) is 7.65. The van der Waals surface area contributed by atoms with Gasteiger partial charge in [-0.05, 0) is 12.8 Å². The first kappa shape index (κ1) is 17.5. The van der Waals surface area contributed by atoms with Gasteiger partial charge in [-0.25, -0.2) is 13.6 Å². The molecule has 2 atom stereocenters. The highest BCUT2D eigenvalue weighted by atomic mass is 19.1. The first-order chi connectivity index (χ1) is 10.9. The Hall–Kier alpha value is -1.89. The smallest absolute Gasteiger partial charge is 0.321 e. The van der Waals surface area contributed by atoms with E-state index in [2.05, 4.69) is 10.1 Å². The predicted octanol–water partition coefficient (Wildman–Crippen LogP) is 2.99. The molecule has 0 radical (unpaired) electrons. The van der Waals surface area contributed by atoms with Gasteiger partial charge in [-0.2, -0.15) is 0 Å². The number of urea groups is 1. The molecule has 0 bridgehead atoms. The third kappa shape index (κ3) is 4.31. The van der Waals surface area contributed by atoms with E-state index in [1.54, 1.807) is 7.05 Å². The van der Waals surface area contributed by atoms with Crippen molar-refractivity contribution in [3.63, 3.8) is 0 Å². The van der Waals surface area contributed by atoms with Crippen molar-refractivity contribution in [2.24, 2.45) is 5.92 Å². The molecule has 1 aliphatic rings. The van der Waals surface area contributed by atoms with Crippen molar-refractivity contribution < 1.29 is 23.4 Å². The second kappa shape index (κ2) is 7.59. The van der Waals surface area contributed by atoms with Gasteiger partial charge in [-0.3, -0.25) is 0 Å². The molecule has 0 saturated heterocycles. The molecule has 0 heterocycles. The van der Waals surface area contributed by atoms with Crippen molar-refractivity contribution in [3.05, 3.63) is 23.8 Å². The molecular formula is C16H22F2N2O3. The summed E-state index contributed by atoms with van der Waals surface area (Å²) in [6.07, 6.45) is 3.24. The fraction of sp³-hybridized carbons (Fsp3) is 0.562. The summed E-state index contributed by atoms with van der Waals surface area (Å²) < 4.78 is 31.8. The Morgan fingerprint density at radius 3 is 2.52 bits per heavy atom. The Morgan fingerprint density at radius 1 is 1.35 bits per heavy atom. The standard InChI is InChI=1S/C16H22F2N2O3/c1-20(9-10-5-3-4-6-14(10)21)16(22)19-11-7-12(17)15(23-2)13(18)8-11/h7-8,10,14,21H,3-6,9H2,1-2H3,(H,19,22)/t10-,14-/m1/s1. The molecule has 1 aromatic rings. The molecule has 5 nitrogen and oxygen atoms in total. The Morgan fingerprint density at radius 2 is 1.96 bits per heavy atom. The van der Waals surface area contributed by atoms with Gasteiger partial charge in [-0.15, -0.1) is 0 Å². The molecule has 1 aromatic carbocycles. The van der Waals surface area contributed by atoms with Gasteiger partial charge in [0.1, 0.15) is 0 Å². The summed E-state index contributed by atoms with van der Waals surface area (Å²) in [6, 6.07) is 1.53. The third-order valence-electron chi connectivity index (χ3n) is 4.18. The van der Waals surface area contributed by atoms with Gasteiger partial charge in [0, 0.05) is 37.3 Å². The van der Waals surface area contributed by atoms with Crippen molar-refractivity contribution in [2.45, 2.75) is 31.8 Å². The summed E-state index contributed by atoms with van der Waals surface area (Å²) in [5.74, 6) is -2.22. The third-order valence-corrected chi connectivity index (χ3v) is 4.18. The van der Waals surface area contributed by atoms with Crippen LogP contribution in [0.25, 0.3) is 0 Å². The SMILES string of the molecule is COc1c(F)cc(NC(=O)N(C)C[C@H]2CCCC[C@H]2O)cc1F. The number of halogens is 2. The number of aliphatic hydroxyl groups is 1. The van der Waals surface area contributed by atoms with Crippen LogP contribution in [0.2, 0.25) is 0 Å². The van der Waals surface area contributed by atoms with Crippen LogP contribution in [0.15, 0.2) is 12.1 Å². The average molecular weight is 328 g/mol. The van der Waals surface area contributed by atoms with Crippen LogP contribution in [0.5, 0.6) is 5.75 Å². The maximum Gasteiger partial charge on any atom is 0.321 e. The number of rotatable bonds is 4. The molecule has 2 amide bonds. The number of methoxy groups -OCH3 is 1. The summed E-state index contributed by atoms with van der Waals surface area (Å²) in [4.78, 5) is 13.5. The van der Waals surface area contributed by atoms with Gasteiger partial charge >= 0.3 is 6.03 Å². The molecule has 0 aliphatic heterocycles. The molecule has 1 saturated carbocycles. The number of nitrogens with zero attached hydrogens (tertiary/aromatic N) is 1. The molecule has 2 N–H and O–H groups in total. The molecule has 0 unspecified atom stereocenters. The van der Waals surface area contributed by atoms with E-state index in [9.17, 15) is 18.7 Å². The van der Waals surface area contributed by atoms with Crippen LogP contribution < -0.4 is 10.1 Å². The van der Waals surface area contributed by atoms with E-state index in [4.69, 9.17) is 0 Å². The van der Waals surface area contributed by atoms with Gasteiger partial charge < -0.3 is 20.1 Å². The fourth-order valence-corrected chi connectivity index (χ4v) is 2.88. The van der Waals surface area contributed by atoms with Gasteiger partial charge in [0.15, 0.2) is 17.4 Å². The van der Waals surface area contributed by atoms with Gasteiger partial charge in [-0.1, -0.05) is 12.8 Å². The Kier molecular flexibility index (Phi) is 5.76. The predicted molar refractivity (Wildman–Crippen MR) is 82.5 cm³/mol. The number of hydrogen-bond donors (Lipinski definition) is 2. The Bertz CT molecular complexity index is 545. The monoisotopic (exact) mass is 328 g/mol. The van der Waals surface area contributed by atoms with Crippen LogP contribution in [0, 0.1) is 17.6 Å². The van der Waals surface area contributed by atoms with Gasteiger partial charge in [0.2, 0.25) is 0 Å². The lowest BCUT2D eigenvalue weighted by Crippen LogP contribution is -2.40. The number of benzene rings is 1. The van der Waals surface area contributed by atoms with Crippen LogP contribution in [0.3, 0.4) is 0 Å². The molecule has 0 spiro atoms. The normalized spacial score (nSPS) is 20.9. The largest absolute Gasteiger partial charge is 0.491 e. The van der Waals surface area contributed by atoms with E-state index in [1.165, 1.54) is 12.0 Å². The number of anilines is 1. The quantitative estimate of drug-likeness (QED) is 0.893. The average Bonchev–Trinajstić information content (AvgIpc) is 2.49. The maximum atomic E-state index is 13.6. The van der Waals surface area contributed by atoms with Crippen molar-refractivity contribution in [1.29, 1.82) is 0 Å². The van der Waals surface area contributed by atoms with E-state index >= 15 is 0 Å². The molecular weight excluding hydrogens is 306 g/mol. The number of ether oxygens (including phenoxy) is 1. The van der Waals surface area contributed by atoms with E-state index in [0.29, 0.717) is 6.54 Å². The van der Waals surface area contributed by atoms with Crippen LogP contribution in [-0.4, -0.2) is 42.8 Å². The highest BCUT2D eigenvalue weighted by Gasteiger charge is 2.25. The number of aliphatic hydroxyl groups excluding tert-OH is 1. The minimum atomic E-state index is -0.881. The highest BCUT2D eigenvalue weighted by molar-refractivity contribution is 5.89. The zero-order chi connectivity index (χ0) is 17.0. The van der Waals surface area contributed by atoms with Crippen LogP contribution in [0.1, 0.15) is 25.7 Å². The number of carbonyl (C=O) groups excluding carboxylic acids is 1. The molecule has 1 aliphatic carbocycles. The molecule has 2 rings (SSSR count). The van der Waals surface area contributed by atoms with E-state index in [0.717, 1.165) is 37.8 Å². The molecule has 0 aromatic heterocycles. The fourth-order valence-electron chi connectivity index (χ4n) is 2.88. The second-order valence-corrected chi connectivity index (χ2v) is 5.90. The molecule has 1 fully saturated rings. The molecule has 7 heteroatoms. The lowest BCUT2D eigenvalue weighted by molar-refractivity contribution is 0.0575. The van der Waals surface area contributed by atoms with E-state index in [1.807, 2.05) is 0 Å². The van der Waals surface area contributed by atoms with Gasteiger partial charge in [0.25, 0.3) is 0 Å². The van der Waals surface area contributed by atoms with Crippen molar-refractivity contribution in [3.8, 4) is 5.75 Å². The van der Waals surface area contributed by atoms with Gasteiger partial charge in [0.05, 0.1) is 13.2 Å². The Labute approximate surface area is 134 Å². The highest BCUT2D eigenvalue weighted by Crippen LogP contribution is 2.27. The summed E-state index contributed by atoms with van der Waals surface area (Å²) in [7, 11) is 2.76. The van der Waals surface area contributed by atoms with Crippen molar-refractivity contribution in [2.75, 3.05) is 26.0 Å². The Balaban J connectivity index is 1.98. The molecule has 23 heavy (non-hydrogen) atoms. The summed E-state index contributed by atoms with van der Waals surface area (Å²) >= 11 is 0. The van der Waals surface area contributed by atoms with E-state index < -0.39 is 29.5 Å². The number of nitrogens with one attached hydrogen (secondary N) is 1. The van der Waals surface area contributed by atoms with Crippen LogP contribution in [0.4, 0.5) is 19.3 Å². The lowest BCUT2D eigenvalue weighted by Gasteiger charge is -2.31. The van der Waals surface area contributed by atoms with Crippen molar-refractivity contribution >= 4 is 11.7 Å². The topological polar surface area (TPSA) is 61.8 Å².